The number of anilines is 1. The van der Waals surface area contributed by atoms with E-state index in [0.717, 1.165) is 61.1 Å². The fourth-order valence-electron chi connectivity index (χ4n) is 8.85. The first kappa shape index (κ1) is 35.6. The van der Waals surface area contributed by atoms with Gasteiger partial charge >= 0.3 is 18.1 Å². The molecule has 6 nitrogen and oxygen atoms in total. The number of methoxy groups -OCH3 is 1. The third-order valence-corrected chi connectivity index (χ3v) is 11.7. The van der Waals surface area contributed by atoms with Gasteiger partial charge in [0, 0.05) is 33.1 Å². The Labute approximate surface area is 296 Å². The van der Waals surface area contributed by atoms with Crippen molar-refractivity contribution in [3.63, 3.8) is 0 Å². The van der Waals surface area contributed by atoms with Crippen molar-refractivity contribution < 1.29 is 32.2 Å². The van der Waals surface area contributed by atoms with Crippen LogP contribution in [-0.2, 0) is 32.6 Å². The summed E-state index contributed by atoms with van der Waals surface area (Å²) in [6, 6.07) is 13.7. The molecular formula is C38H42ClF3N2O4S. The fraction of sp³-hybridized carbons (Fsp3) is 0.500. The molecule has 1 aromatic heterocycles. The highest BCUT2D eigenvalue weighted by molar-refractivity contribution is 7.80. The first-order chi connectivity index (χ1) is 23.3. The van der Waals surface area contributed by atoms with Crippen LogP contribution >= 0.6 is 24.2 Å². The summed E-state index contributed by atoms with van der Waals surface area (Å²) >= 11 is 10.8. The zero-order chi connectivity index (χ0) is 35.1. The van der Waals surface area contributed by atoms with E-state index < -0.39 is 29.0 Å². The number of rotatable bonds is 8. The van der Waals surface area contributed by atoms with Crippen LogP contribution in [0.3, 0.4) is 0 Å². The lowest BCUT2D eigenvalue weighted by atomic mass is 9.59. The van der Waals surface area contributed by atoms with E-state index >= 15 is 0 Å². The monoisotopic (exact) mass is 714 g/mol. The summed E-state index contributed by atoms with van der Waals surface area (Å²) in [6.07, 6.45) is 2.09. The first-order valence-corrected chi connectivity index (χ1v) is 17.8. The molecule has 3 aliphatic carbocycles. The lowest BCUT2D eigenvalue weighted by Crippen LogP contribution is -2.63. The largest absolute Gasteiger partial charge is 0.493 e. The van der Waals surface area contributed by atoms with Crippen LogP contribution in [-0.4, -0.2) is 42.3 Å². The Bertz CT molecular complexity index is 1730. The molecule has 0 unspecified atom stereocenters. The van der Waals surface area contributed by atoms with E-state index in [9.17, 15) is 22.8 Å². The highest BCUT2D eigenvalue weighted by Gasteiger charge is 2.60. The molecule has 6 rings (SSSR count). The molecular weight excluding hydrogens is 673 g/mol. The standard InChI is InChI=1S/C38H42ClF3N2O4S/c1-23(22-48-32-12-17-43-31-9-4-6-24(2)33(31)32)18-26-19-25-10-11-29(49)21-30(25)36(26)13-15-37(16-14-36,35(46)47-3)44(34(45)38(40,41)42)28-8-5-7-27(39)20-28/h5,7-8,10-12,17,20-21,23-24,26,49H,4,6,9,13-16,18-19,22H2,1-3H3/t23-,24-,26+,36?,37?/m1/s1. The number of nitrogens with zero attached hydrogens (tertiary/aromatic N) is 2. The van der Waals surface area contributed by atoms with Crippen LogP contribution in [0, 0.1) is 11.8 Å². The number of thiol groups is 1. The Balaban J connectivity index is 1.30. The Morgan fingerprint density at radius 2 is 1.88 bits per heavy atom. The second-order valence-electron chi connectivity index (χ2n) is 14.2. The highest BCUT2D eigenvalue weighted by Crippen LogP contribution is 2.57. The summed E-state index contributed by atoms with van der Waals surface area (Å²) in [5.41, 5.74) is 2.19. The van der Waals surface area contributed by atoms with Gasteiger partial charge in [-0.3, -0.25) is 14.7 Å². The van der Waals surface area contributed by atoms with Gasteiger partial charge in [-0.1, -0.05) is 37.6 Å². The quantitative estimate of drug-likeness (QED) is 0.186. The van der Waals surface area contributed by atoms with E-state index in [2.05, 4.69) is 43.6 Å². The topological polar surface area (TPSA) is 68.7 Å². The van der Waals surface area contributed by atoms with Crippen LogP contribution in [0.2, 0.25) is 5.02 Å². The van der Waals surface area contributed by atoms with Gasteiger partial charge in [-0.05, 0) is 128 Å². The maximum Gasteiger partial charge on any atom is 0.471 e. The lowest BCUT2D eigenvalue weighted by molar-refractivity contribution is -0.174. The number of ether oxygens (including phenoxy) is 2. The van der Waals surface area contributed by atoms with Crippen LogP contribution in [0.1, 0.15) is 87.1 Å². The predicted octanol–water partition coefficient (Wildman–Crippen LogP) is 9.06. The Morgan fingerprint density at radius 1 is 1.12 bits per heavy atom. The van der Waals surface area contributed by atoms with Crippen LogP contribution in [0.25, 0.3) is 0 Å². The van der Waals surface area contributed by atoms with Gasteiger partial charge < -0.3 is 9.47 Å². The maximum absolute atomic E-state index is 14.2. The van der Waals surface area contributed by atoms with Gasteiger partial charge in [-0.15, -0.1) is 12.6 Å². The summed E-state index contributed by atoms with van der Waals surface area (Å²) in [5.74, 6) is -1.43. The number of aryl methyl sites for hydroxylation is 1. The van der Waals surface area contributed by atoms with Crippen LogP contribution in [0.15, 0.2) is 59.6 Å². The number of halogens is 4. The normalized spacial score (nSPS) is 25.3. The minimum atomic E-state index is -5.23. The second kappa shape index (κ2) is 13.8. The molecule has 0 aliphatic heterocycles. The molecule has 0 radical (unpaired) electrons. The van der Waals surface area contributed by atoms with Crippen molar-refractivity contribution in [2.24, 2.45) is 11.8 Å². The molecule has 3 atom stereocenters. The summed E-state index contributed by atoms with van der Waals surface area (Å²) in [6.45, 7) is 4.90. The Hall–Kier alpha value is -3.24. The molecule has 1 amide bonds. The van der Waals surface area contributed by atoms with Crippen LogP contribution in [0.5, 0.6) is 5.75 Å². The van der Waals surface area contributed by atoms with Gasteiger partial charge in [-0.25, -0.2) is 4.79 Å². The predicted molar refractivity (Wildman–Crippen MR) is 186 cm³/mol. The number of hydrogen-bond acceptors (Lipinski definition) is 6. The van der Waals surface area contributed by atoms with Crippen molar-refractivity contribution in [3.05, 3.63) is 82.1 Å². The number of amides is 1. The number of aromatic nitrogens is 1. The summed E-state index contributed by atoms with van der Waals surface area (Å²) in [7, 11) is 1.14. The first-order valence-electron chi connectivity index (χ1n) is 17.0. The molecule has 1 spiro atoms. The summed E-state index contributed by atoms with van der Waals surface area (Å²) in [5, 5.41) is 0.147. The third-order valence-electron chi connectivity index (χ3n) is 11.1. The van der Waals surface area contributed by atoms with E-state index in [-0.39, 0.29) is 35.4 Å². The Morgan fingerprint density at radius 3 is 2.57 bits per heavy atom. The van der Waals surface area contributed by atoms with Gasteiger partial charge in [0.1, 0.15) is 11.3 Å². The van der Waals surface area contributed by atoms with E-state index in [1.54, 1.807) is 0 Å². The van der Waals surface area contributed by atoms with Gasteiger partial charge in [0.2, 0.25) is 0 Å². The van der Waals surface area contributed by atoms with Gasteiger partial charge in [0.05, 0.1) is 13.7 Å². The van der Waals surface area contributed by atoms with Gasteiger partial charge in [0.15, 0.2) is 0 Å². The molecule has 0 bridgehead atoms. The van der Waals surface area contributed by atoms with Crippen molar-refractivity contribution in [1.82, 2.24) is 4.98 Å². The zero-order valence-electron chi connectivity index (χ0n) is 28.0. The van der Waals surface area contributed by atoms with Crippen molar-refractivity contribution in [2.45, 2.75) is 99.6 Å². The lowest BCUT2D eigenvalue weighted by Gasteiger charge is -2.51. The maximum atomic E-state index is 14.2. The van der Waals surface area contributed by atoms with Gasteiger partial charge in [-0.2, -0.15) is 13.2 Å². The molecule has 3 aliphatic rings. The number of pyridine rings is 1. The van der Waals surface area contributed by atoms with E-state index in [0.29, 0.717) is 30.3 Å². The van der Waals surface area contributed by atoms with E-state index in [1.807, 2.05) is 18.3 Å². The zero-order valence-corrected chi connectivity index (χ0v) is 29.6. The van der Waals surface area contributed by atoms with Gasteiger partial charge in [0.25, 0.3) is 0 Å². The molecule has 1 saturated carbocycles. The molecule has 262 valence electrons. The average molecular weight is 715 g/mol. The smallest absolute Gasteiger partial charge is 0.471 e. The fourth-order valence-corrected chi connectivity index (χ4v) is 9.24. The van der Waals surface area contributed by atoms with Crippen molar-refractivity contribution >= 4 is 41.8 Å². The van der Waals surface area contributed by atoms with E-state index in [4.69, 9.17) is 21.1 Å². The van der Waals surface area contributed by atoms with Crippen molar-refractivity contribution in [2.75, 3.05) is 18.6 Å². The van der Waals surface area contributed by atoms with Crippen molar-refractivity contribution in [3.8, 4) is 5.75 Å². The molecule has 1 fully saturated rings. The number of benzene rings is 2. The second-order valence-corrected chi connectivity index (χ2v) is 15.1. The Kier molecular flexibility index (Phi) is 10.0. The number of carbonyl (C=O) groups is 2. The van der Waals surface area contributed by atoms with Crippen LogP contribution in [0.4, 0.5) is 18.9 Å². The number of fused-ring (bicyclic) bond motifs is 3. The number of alkyl halides is 3. The molecule has 0 N–H and O–H groups in total. The molecule has 1 heterocycles. The summed E-state index contributed by atoms with van der Waals surface area (Å²) in [4.78, 5) is 32.9. The minimum Gasteiger partial charge on any atom is -0.493 e. The molecule has 11 heteroatoms. The van der Waals surface area contributed by atoms with Crippen molar-refractivity contribution in [1.29, 1.82) is 0 Å². The summed E-state index contributed by atoms with van der Waals surface area (Å²) < 4.78 is 54.3. The number of hydrogen-bond donors (Lipinski definition) is 1. The average Bonchev–Trinajstić information content (AvgIpc) is 3.35. The SMILES string of the molecule is COC(=O)C1(N(C(=O)C(F)(F)F)c2cccc(Cl)c2)CCC2(CC1)c1cc(S)ccc1C[C@@H]2C[C@@H](C)COc1ccnc2c1[C@H](C)CCC2. The molecule has 0 saturated heterocycles. The van der Waals surface area contributed by atoms with E-state index in [1.165, 1.54) is 35.4 Å². The number of esters is 1. The number of carbonyl (C=O) groups excluding carboxylic acids is 2. The minimum absolute atomic E-state index is 0.0212. The molecule has 2 aromatic carbocycles. The highest BCUT2D eigenvalue weighted by atomic mass is 35.5. The third kappa shape index (κ3) is 6.67. The molecule has 3 aromatic rings. The molecule has 49 heavy (non-hydrogen) atoms. The van der Waals surface area contributed by atoms with Crippen LogP contribution < -0.4 is 9.64 Å².